The van der Waals surface area contributed by atoms with Crippen molar-refractivity contribution in [1.82, 2.24) is 0 Å². The highest BCUT2D eigenvalue weighted by Gasteiger charge is 2.08. The van der Waals surface area contributed by atoms with Crippen molar-refractivity contribution in [2.24, 2.45) is 0 Å². The van der Waals surface area contributed by atoms with Gasteiger partial charge in [0.1, 0.15) is 5.82 Å². The smallest absolute Gasteiger partial charge is 0.228 e. The van der Waals surface area contributed by atoms with Gasteiger partial charge in [0.15, 0.2) is 0 Å². The van der Waals surface area contributed by atoms with E-state index in [0.29, 0.717) is 10.7 Å². The van der Waals surface area contributed by atoms with Crippen LogP contribution >= 0.6 is 11.6 Å². The summed E-state index contributed by atoms with van der Waals surface area (Å²) in [6, 6.07) is 10.9. The molecule has 3 N–H and O–H groups in total. The Bertz CT molecular complexity index is 599. The maximum Gasteiger partial charge on any atom is 0.228 e. The van der Waals surface area contributed by atoms with Crippen LogP contribution in [0.5, 0.6) is 0 Å². The van der Waals surface area contributed by atoms with Crippen LogP contribution in [-0.2, 0) is 11.2 Å². The van der Waals surface area contributed by atoms with Crippen molar-refractivity contribution < 1.29 is 9.18 Å². The van der Waals surface area contributed by atoms with Gasteiger partial charge >= 0.3 is 0 Å². The van der Waals surface area contributed by atoms with Crippen molar-refractivity contribution in [3.05, 3.63) is 58.9 Å². The highest BCUT2D eigenvalue weighted by atomic mass is 35.5. The molecule has 1 amide bonds. The van der Waals surface area contributed by atoms with E-state index < -0.39 is 5.82 Å². The zero-order valence-corrected chi connectivity index (χ0v) is 10.7. The number of nitrogens with two attached hydrogens (primary N) is 1. The Morgan fingerprint density at radius 3 is 2.58 bits per heavy atom. The lowest BCUT2D eigenvalue weighted by molar-refractivity contribution is -0.115. The van der Waals surface area contributed by atoms with E-state index in [9.17, 15) is 9.18 Å². The minimum Gasteiger partial charge on any atom is -0.399 e. The number of amides is 1. The van der Waals surface area contributed by atoms with Gasteiger partial charge < -0.3 is 11.1 Å². The summed E-state index contributed by atoms with van der Waals surface area (Å²) in [4.78, 5) is 11.8. The molecule has 0 aromatic heterocycles. The van der Waals surface area contributed by atoms with Gasteiger partial charge in [-0.15, -0.1) is 0 Å². The monoisotopic (exact) mass is 278 g/mol. The molecule has 3 nitrogen and oxygen atoms in total. The van der Waals surface area contributed by atoms with Gasteiger partial charge in [-0.25, -0.2) is 4.39 Å². The van der Waals surface area contributed by atoms with Crippen molar-refractivity contribution in [3.8, 4) is 0 Å². The van der Waals surface area contributed by atoms with E-state index in [1.807, 2.05) is 0 Å². The third-order valence-corrected chi connectivity index (χ3v) is 2.78. The van der Waals surface area contributed by atoms with E-state index in [0.717, 1.165) is 5.56 Å². The summed E-state index contributed by atoms with van der Waals surface area (Å²) >= 11 is 5.75. The Kier molecular flexibility index (Phi) is 4.02. The summed E-state index contributed by atoms with van der Waals surface area (Å²) in [6.45, 7) is 0. The molecule has 2 rings (SSSR count). The van der Waals surface area contributed by atoms with Crippen molar-refractivity contribution in [2.45, 2.75) is 6.42 Å². The predicted octanol–water partition coefficient (Wildman–Crippen LogP) is 3.24. The number of nitrogen functional groups attached to an aromatic ring is 1. The first kappa shape index (κ1) is 13.4. The number of anilines is 2. The molecule has 5 heteroatoms. The minimum absolute atomic E-state index is 0.0768. The average Bonchev–Trinajstić information content (AvgIpc) is 2.37. The molecule has 0 heterocycles. The molecule has 0 bridgehead atoms. The highest BCUT2D eigenvalue weighted by Crippen LogP contribution is 2.19. The number of hydrogen-bond acceptors (Lipinski definition) is 2. The molecule has 0 aliphatic rings. The fourth-order valence-corrected chi connectivity index (χ4v) is 1.78. The van der Waals surface area contributed by atoms with Crippen LogP contribution in [0.3, 0.4) is 0 Å². The molecular weight excluding hydrogens is 267 g/mol. The van der Waals surface area contributed by atoms with Gasteiger partial charge in [0.2, 0.25) is 5.91 Å². The van der Waals surface area contributed by atoms with E-state index in [4.69, 9.17) is 17.3 Å². The zero-order chi connectivity index (χ0) is 13.8. The molecule has 0 spiro atoms. The van der Waals surface area contributed by atoms with Crippen molar-refractivity contribution in [3.63, 3.8) is 0 Å². The first-order chi connectivity index (χ1) is 9.04. The van der Waals surface area contributed by atoms with Crippen LogP contribution in [0.1, 0.15) is 5.56 Å². The molecule has 0 atom stereocenters. The molecule has 2 aromatic rings. The van der Waals surface area contributed by atoms with Gasteiger partial charge in [-0.05, 0) is 35.9 Å². The van der Waals surface area contributed by atoms with E-state index in [1.54, 1.807) is 24.3 Å². The molecular formula is C14H12ClFN2O. The molecule has 19 heavy (non-hydrogen) atoms. The topological polar surface area (TPSA) is 55.1 Å². The van der Waals surface area contributed by atoms with Crippen LogP contribution in [0.2, 0.25) is 5.02 Å². The number of carbonyl (C=O) groups excluding carboxylic acids is 1. The Balaban J connectivity index is 2.05. The second kappa shape index (κ2) is 5.71. The Morgan fingerprint density at radius 1 is 1.21 bits per heavy atom. The Morgan fingerprint density at radius 2 is 1.89 bits per heavy atom. The maximum atomic E-state index is 13.4. The van der Waals surface area contributed by atoms with E-state index in [1.165, 1.54) is 18.2 Å². The summed E-state index contributed by atoms with van der Waals surface area (Å²) in [7, 11) is 0. The SMILES string of the molecule is Nc1ccc(CC(=O)Nc2cc(Cl)ccc2F)cc1. The van der Waals surface area contributed by atoms with Crippen LogP contribution in [0, 0.1) is 5.82 Å². The van der Waals surface area contributed by atoms with Gasteiger partial charge in [-0.1, -0.05) is 23.7 Å². The van der Waals surface area contributed by atoms with Crippen LogP contribution < -0.4 is 11.1 Å². The lowest BCUT2D eigenvalue weighted by atomic mass is 10.1. The van der Waals surface area contributed by atoms with E-state index in [2.05, 4.69) is 5.32 Å². The molecule has 0 fully saturated rings. The first-order valence-electron chi connectivity index (χ1n) is 5.64. The number of halogens is 2. The summed E-state index contributed by atoms with van der Waals surface area (Å²) in [6.07, 6.45) is 0.145. The van der Waals surface area contributed by atoms with Gasteiger partial charge in [-0.2, -0.15) is 0 Å². The first-order valence-corrected chi connectivity index (χ1v) is 6.02. The predicted molar refractivity (Wildman–Crippen MR) is 74.6 cm³/mol. The fraction of sp³-hybridized carbons (Fsp3) is 0.0714. The summed E-state index contributed by atoms with van der Waals surface area (Å²) in [5.74, 6) is -0.832. The van der Waals surface area contributed by atoms with Crippen LogP contribution in [0.4, 0.5) is 15.8 Å². The summed E-state index contributed by atoms with van der Waals surface area (Å²) in [5.41, 5.74) is 7.06. The number of benzene rings is 2. The number of nitrogens with one attached hydrogen (secondary N) is 1. The fourth-order valence-electron chi connectivity index (χ4n) is 1.61. The molecule has 0 aliphatic heterocycles. The number of rotatable bonds is 3. The maximum absolute atomic E-state index is 13.4. The van der Waals surface area contributed by atoms with Crippen molar-refractivity contribution in [1.29, 1.82) is 0 Å². The number of carbonyl (C=O) groups is 1. The van der Waals surface area contributed by atoms with E-state index >= 15 is 0 Å². The van der Waals surface area contributed by atoms with Crippen LogP contribution in [-0.4, -0.2) is 5.91 Å². The normalized spacial score (nSPS) is 10.2. The third-order valence-electron chi connectivity index (χ3n) is 2.55. The largest absolute Gasteiger partial charge is 0.399 e. The second-order valence-corrected chi connectivity index (χ2v) is 4.53. The van der Waals surface area contributed by atoms with E-state index in [-0.39, 0.29) is 18.0 Å². The molecule has 0 aliphatic carbocycles. The summed E-state index contributed by atoms with van der Waals surface area (Å²) < 4.78 is 13.4. The second-order valence-electron chi connectivity index (χ2n) is 4.09. The molecule has 0 saturated heterocycles. The molecule has 0 unspecified atom stereocenters. The quantitative estimate of drug-likeness (QED) is 0.847. The Labute approximate surface area is 115 Å². The zero-order valence-electron chi connectivity index (χ0n) is 9.99. The van der Waals surface area contributed by atoms with Crippen LogP contribution in [0.25, 0.3) is 0 Å². The van der Waals surface area contributed by atoms with Crippen LogP contribution in [0.15, 0.2) is 42.5 Å². The van der Waals surface area contributed by atoms with Crippen molar-refractivity contribution in [2.75, 3.05) is 11.1 Å². The molecule has 98 valence electrons. The summed E-state index contributed by atoms with van der Waals surface area (Å²) in [5, 5.41) is 2.85. The lowest BCUT2D eigenvalue weighted by Gasteiger charge is -2.07. The Hall–Kier alpha value is -2.07. The molecule has 0 radical (unpaired) electrons. The number of hydrogen-bond donors (Lipinski definition) is 2. The molecule has 0 saturated carbocycles. The van der Waals surface area contributed by atoms with Gasteiger partial charge in [0, 0.05) is 10.7 Å². The van der Waals surface area contributed by atoms with Gasteiger partial charge in [0.05, 0.1) is 12.1 Å². The van der Waals surface area contributed by atoms with Crippen molar-refractivity contribution >= 4 is 28.9 Å². The minimum atomic E-state index is -0.518. The average molecular weight is 279 g/mol. The highest BCUT2D eigenvalue weighted by molar-refractivity contribution is 6.30. The van der Waals surface area contributed by atoms with Gasteiger partial charge in [-0.3, -0.25) is 4.79 Å². The van der Waals surface area contributed by atoms with Gasteiger partial charge in [0.25, 0.3) is 0 Å². The molecule has 2 aromatic carbocycles. The standard InChI is InChI=1S/C14H12ClFN2O/c15-10-3-6-12(16)13(8-10)18-14(19)7-9-1-4-11(17)5-2-9/h1-6,8H,7,17H2,(H,18,19). The lowest BCUT2D eigenvalue weighted by Crippen LogP contribution is -2.15. The third kappa shape index (κ3) is 3.69.